The zero-order valence-corrected chi connectivity index (χ0v) is 9.29. The second kappa shape index (κ2) is 7.26. The molecule has 3 heteroatoms. The zero-order chi connectivity index (χ0) is 10.9. The molecule has 1 aromatic rings. The highest BCUT2D eigenvalue weighted by Gasteiger charge is 1.91. The van der Waals surface area contributed by atoms with Gasteiger partial charge < -0.3 is 15.7 Å². The lowest BCUT2D eigenvalue weighted by atomic mass is 10.2. The molecule has 3 N–H and O–H groups in total. The molecular formula is C12H20N2O. The molecule has 15 heavy (non-hydrogen) atoms. The molecule has 0 bridgehead atoms. The predicted octanol–water partition coefficient (Wildman–Crippen LogP) is 1.38. The molecule has 0 saturated carbocycles. The van der Waals surface area contributed by atoms with Crippen molar-refractivity contribution in [1.82, 2.24) is 5.32 Å². The molecule has 0 atom stereocenters. The Morgan fingerprint density at radius 2 is 2.07 bits per heavy atom. The third kappa shape index (κ3) is 5.40. The van der Waals surface area contributed by atoms with Crippen molar-refractivity contribution in [3.8, 4) is 0 Å². The molecule has 0 aromatic heterocycles. The summed E-state index contributed by atoms with van der Waals surface area (Å²) in [6, 6.07) is 8.37. The van der Waals surface area contributed by atoms with Crippen molar-refractivity contribution in [2.45, 2.75) is 13.3 Å². The molecule has 0 spiro atoms. The van der Waals surface area contributed by atoms with Crippen LogP contribution in [0.15, 0.2) is 24.3 Å². The van der Waals surface area contributed by atoms with Crippen molar-refractivity contribution in [2.24, 2.45) is 0 Å². The van der Waals surface area contributed by atoms with Gasteiger partial charge >= 0.3 is 0 Å². The van der Waals surface area contributed by atoms with Crippen molar-refractivity contribution in [2.75, 3.05) is 31.6 Å². The smallest absolute Gasteiger partial charge is 0.0555 e. The van der Waals surface area contributed by atoms with Crippen molar-refractivity contribution < 1.29 is 5.11 Å². The molecule has 0 aliphatic heterocycles. The van der Waals surface area contributed by atoms with E-state index in [1.807, 2.05) is 0 Å². The molecule has 0 aliphatic carbocycles. The normalized spacial score (nSPS) is 10.3. The highest BCUT2D eigenvalue weighted by Crippen LogP contribution is 2.08. The largest absolute Gasteiger partial charge is 0.395 e. The van der Waals surface area contributed by atoms with E-state index in [0.717, 1.165) is 19.5 Å². The third-order valence-electron chi connectivity index (χ3n) is 2.17. The highest BCUT2D eigenvalue weighted by molar-refractivity contribution is 5.45. The van der Waals surface area contributed by atoms with Crippen LogP contribution in [0.3, 0.4) is 0 Å². The van der Waals surface area contributed by atoms with Crippen molar-refractivity contribution in [3.05, 3.63) is 29.8 Å². The number of aryl methyl sites for hydroxylation is 1. The van der Waals surface area contributed by atoms with E-state index in [0.29, 0.717) is 6.54 Å². The van der Waals surface area contributed by atoms with Crippen LogP contribution in [0.25, 0.3) is 0 Å². The van der Waals surface area contributed by atoms with Gasteiger partial charge in [-0.25, -0.2) is 0 Å². The van der Waals surface area contributed by atoms with Gasteiger partial charge in [-0.1, -0.05) is 12.1 Å². The molecule has 3 nitrogen and oxygen atoms in total. The number of anilines is 1. The maximum absolute atomic E-state index is 8.55. The molecule has 0 unspecified atom stereocenters. The topological polar surface area (TPSA) is 44.3 Å². The van der Waals surface area contributed by atoms with Gasteiger partial charge in [-0.05, 0) is 37.6 Å². The van der Waals surface area contributed by atoms with Crippen molar-refractivity contribution in [3.63, 3.8) is 0 Å². The van der Waals surface area contributed by atoms with E-state index >= 15 is 0 Å². The summed E-state index contributed by atoms with van der Waals surface area (Å²) in [7, 11) is 0. The van der Waals surface area contributed by atoms with E-state index in [9.17, 15) is 0 Å². The van der Waals surface area contributed by atoms with Crippen LogP contribution in [-0.2, 0) is 0 Å². The van der Waals surface area contributed by atoms with Gasteiger partial charge in [0.1, 0.15) is 0 Å². The first kappa shape index (κ1) is 12.0. The fourth-order valence-corrected chi connectivity index (χ4v) is 1.41. The summed E-state index contributed by atoms with van der Waals surface area (Å²) in [5.41, 5.74) is 2.45. The Hall–Kier alpha value is -1.06. The van der Waals surface area contributed by atoms with E-state index in [1.165, 1.54) is 11.3 Å². The summed E-state index contributed by atoms with van der Waals surface area (Å²) >= 11 is 0. The van der Waals surface area contributed by atoms with Crippen LogP contribution < -0.4 is 10.6 Å². The van der Waals surface area contributed by atoms with Gasteiger partial charge in [0, 0.05) is 18.8 Å². The number of benzene rings is 1. The van der Waals surface area contributed by atoms with Crippen LogP contribution in [0.4, 0.5) is 5.69 Å². The predicted molar refractivity (Wildman–Crippen MR) is 64.2 cm³/mol. The molecule has 0 radical (unpaired) electrons. The minimum atomic E-state index is 0.214. The second-order valence-corrected chi connectivity index (χ2v) is 3.62. The first-order valence-electron chi connectivity index (χ1n) is 5.45. The molecule has 0 saturated heterocycles. The van der Waals surface area contributed by atoms with Gasteiger partial charge in [0.2, 0.25) is 0 Å². The molecule has 0 amide bonds. The summed E-state index contributed by atoms with van der Waals surface area (Å²) in [5.74, 6) is 0. The SMILES string of the molecule is Cc1cccc(NCCCNCCO)c1. The van der Waals surface area contributed by atoms with Gasteiger partial charge in [0.05, 0.1) is 6.61 Å². The van der Waals surface area contributed by atoms with E-state index in [4.69, 9.17) is 5.11 Å². The van der Waals surface area contributed by atoms with Gasteiger partial charge in [0.25, 0.3) is 0 Å². The highest BCUT2D eigenvalue weighted by atomic mass is 16.3. The number of hydrogen-bond acceptors (Lipinski definition) is 3. The zero-order valence-electron chi connectivity index (χ0n) is 9.29. The van der Waals surface area contributed by atoms with E-state index in [-0.39, 0.29) is 6.61 Å². The fraction of sp³-hybridized carbons (Fsp3) is 0.500. The Balaban J connectivity index is 2.10. The molecule has 0 heterocycles. The first-order valence-corrected chi connectivity index (χ1v) is 5.45. The summed E-state index contributed by atoms with van der Waals surface area (Å²) < 4.78 is 0. The van der Waals surface area contributed by atoms with Crippen LogP contribution >= 0.6 is 0 Å². The van der Waals surface area contributed by atoms with Crippen molar-refractivity contribution >= 4 is 5.69 Å². The Labute approximate surface area is 91.5 Å². The number of nitrogens with one attached hydrogen (secondary N) is 2. The first-order chi connectivity index (χ1) is 7.33. The van der Waals surface area contributed by atoms with Crippen LogP contribution in [0, 0.1) is 6.92 Å². The Morgan fingerprint density at radius 1 is 1.20 bits per heavy atom. The van der Waals surface area contributed by atoms with Crippen LogP contribution in [0.2, 0.25) is 0 Å². The summed E-state index contributed by atoms with van der Waals surface area (Å²) in [6.45, 7) is 4.89. The Morgan fingerprint density at radius 3 is 2.80 bits per heavy atom. The molecule has 1 rings (SSSR count). The van der Waals surface area contributed by atoms with Gasteiger partial charge in [-0.15, -0.1) is 0 Å². The molecule has 1 aromatic carbocycles. The van der Waals surface area contributed by atoms with Crippen LogP contribution in [0.1, 0.15) is 12.0 Å². The third-order valence-corrected chi connectivity index (χ3v) is 2.17. The maximum Gasteiger partial charge on any atom is 0.0555 e. The lowest BCUT2D eigenvalue weighted by Crippen LogP contribution is -2.21. The van der Waals surface area contributed by atoms with E-state index in [2.05, 4.69) is 41.8 Å². The molecule has 84 valence electrons. The lowest BCUT2D eigenvalue weighted by Gasteiger charge is -2.07. The average Bonchev–Trinajstić information content (AvgIpc) is 2.23. The van der Waals surface area contributed by atoms with E-state index in [1.54, 1.807) is 0 Å². The second-order valence-electron chi connectivity index (χ2n) is 3.62. The van der Waals surface area contributed by atoms with Crippen LogP contribution in [0.5, 0.6) is 0 Å². The van der Waals surface area contributed by atoms with Crippen molar-refractivity contribution in [1.29, 1.82) is 0 Å². The Bertz CT molecular complexity index is 276. The number of hydrogen-bond donors (Lipinski definition) is 3. The molecular weight excluding hydrogens is 188 g/mol. The van der Waals surface area contributed by atoms with E-state index < -0.39 is 0 Å². The monoisotopic (exact) mass is 208 g/mol. The summed E-state index contributed by atoms with van der Waals surface area (Å²) in [4.78, 5) is 0. The Kier molecular flexibility index (Phi) is 5.81. The average molecular weight is 208 g/mol. The summed E-state index contributed by atoms with van der Waals surface area (Å²) in [6.07, 6.45) is 1.06. The minimum Gasteiger partial charge on any atom is -0.395 e. The molecule has 0 fully saturated rings. The summed E-state index contributed by atoms with van der Waals surface area (Å²) in [5, 5.41) is 15.1. The standard InChI is InChI=1S/C12H20N2O/c1-11-4-2-5-12(10-11)14-7-3-6-13-8-9-15/h2,4-5,10,13-15H,3,6-9H2,1H3. The number of aliphatic hydroxyl groups is 1. The lowest BCUT2D eigenvalue weighted by molar-refractivity contribution is 0.292. The molecule has 0 aliphatic rings. The minimum absolute atomic E-state index is 0.214. The number of aliphatic hydroxyl groups excluding tert-OH is 1. The fourth-order valence-electron chi connectivity index (χ4n) is 1.41. The van der Waals surface area contributed by atoms with Gasteiger partial charge in [-0.3, -0.25) is 0 Å². The van der Waals surface area contributed by atoms with Gasteiger partial charge in [-0.2, -0.15) is 0 Å². The quantitative estimate of drug-likeness (QED) is 0.593. The maximum atomic E-state index is 8.55. The van der Waals surface area contributed by atoms with Gasteiger partial charge in [0.15, 0.2) is 0 Å². The number of rotatable bonds is 7. The van der Waals surface area contributed by atoms with Crippen LogP contribution in [-0.4, -0.2) is 31.3 Å².